The molecular weight excluding hydrogens is 569 g/mol. The van der Waals surface area contributed by atoms with E-state index in [2.05, 4.69) is 45.3 Å². The summed E-state index contributed by atoms with van der Waals surface area (Å²) in [6.07, 6.45) is 13.2. The maximum atomic E-state index is 14.4. The molecule has 0 radical (unpaired) electrons. The Hall–Kier alpha value is -4.01. The molecule has 0 aliphatic heterocycles. The maximum Gasteiger partial charge on any atom is 0.308 e. The van der Waals surface area contributed by atoms with Crippen molar-refractivity contribution in [3.05, 3.63) is 66.4 Å². The number of anilines is 1. The quantitative estimate of drug-likeness (QED) is 0.197. The van der Waals surface area contributed by atoms with Gasteiger partial charge < -0.3 is 9.64 Å². The molecule has 0 N–H and O–H groups in total. The fraction of sp³-hybridized carbons (Fsp3) is 0.500. The van der Waals surface area contributed by atoms with Gasteiger partial charge in [-0.25, -0.2) is 0 Å². The van der Waals surface area contributed by atoms with Crippen LogP contribution in [0.4, 0.5) is 10.1 Å². The van der Waals surface area contributed by atoms with E-state index in [0.29, 0.717) is 55.5 Å². The number of methoxy groups -OCH3 is 1. The van der Waals surface area contributed by atoms with Crippen molar-refractivity contribution in [1.29, 1.82) is 0 Å². The van der Waals surface area contributed by atoms with E-state index in [4.69, 9.17) is 4.74 Å². The van der Waals surface area contributed by atoms with Gasteiger partial charge in [0.25, 0.3) is 0 Å². The Kier molecular flexibility index (Phi) is 8.19. The first-order valence-corrected chi connectivity index (χ1v) is 16.5. The molecule has 236 valence electrons. The highest BCUT2D eigenvalue weighted by molar-refractivity contribution is 5.96. The molecular formula is C36H42FN5O3. The number of aryl methyl sites for hydroxylation is 1. The monoisotopic (exact) mass is 611 g/mol. The van der Waals surface area contributed by atoms with Gasteiger partial charge in [0.1, 0.15) is 0 Å². The van der Waals surface area contributed by atoms with E-state index in [0.717, 1.165) is 48.0 Å². The Balaban J connectivity index is 1.09. The van der Waals surface area contributed by atoms with Gasteiger partial charge in [-0.05, 0) is 111 Å². The number of halogens is 1. The van der Waals surface area contributed by atoms with Gasteiger partial charge in [0.15, 0.2) is 0 Å². The molecule has 45 heavy (non-hydrogen) atoms. The van der Waals surface area contributed by atoms with Gasteiger partial charge in [0.05, 0.1) is 36.2 Å². The van der Waals surface area contributed by atoms with Gasteiger partial charge in [0.2, 0.25) is 11.9 Å². The molecule has 8 nitrogen and oxygen atoms in total. The molecule has 3 saturated carbocycles. The maximum absolute atomic E-state index is 14.4. The summed E-state index contributed by atoms with van der Waals surface area (Å²) < 4.78 is 23.0. The van der Waals surface area contributed by atoms with Gasteiger partial charge in [-0.15, -0.1) is 5.10 Å². The molecule has 2 aromatic carbocycles. The Labute approximate surface area is 263 Å². The highest BCUT2D eigenvalue weighted by Gasteiger charge is 2.35. The average molecular weight is 612 g/mol. The van der Waals surface area contributed by atoms with Gasteiger partial charge in [-0.1, -0.05) is 18.2 Å². The molecule has 0 bridgehead atoms. The van der Waals surface area contributed by atoms with E-state index in [9.17, 15) is 14.0 Å². The minimum atomic E-state index is -0.417. The summed E-state index contributed by atoms with van der Waals surface area (Å²) in [6.45, 7) is 0.670. The lowest BCUT2D eigenvalue weighted by Crippen LogP contribution is -2.42. The first-order valence-electron chi connectivity index (χ1n) is 16.5. The number of fused-ring (bicyclic) bond motifs is 1. The van der Waals surface area contributed by atoms with Crippen LogP contribution in [0, 0.1) is 23.7 Å². The minimum absolute atomic E-state index is 0.107. The van der Waals surface area contributed by atoms with Crippen LogP contribution in [-0.2, 0) is 21.4 Å². The second-order valence-electron chi connectivity index (χ2n) is 13.4. The van der Waals surface area contributed by atoms with Crippen LogP contribution in [0.25, 0.3) is 22.0 Å². The van der Waals surface area contributed by atoms with Crippen LogP contribution in [0.3, 0.4) is 0 Å². The Morgan fingerprint density at radius 2 is 1.69 bits per heavy atom. The number of esters is 1. The highest BCUT2D eigenvalue weighted by Crippen LogP contribution is 2.40. The molecule has 0 spiro atoms. The van der Waals surface area contributed by atoms with Gasteiger partial charge in [-0.2, -0.15) is 9.49 Å². The zero-order valence-corrected chi connectivity index (χ0v) is 26.2. The average Bonchev–Trinajstić information content (AvgIpc) is 3.74. The minimum Gasteiger partial charge on any atom is -0.469 e. The molecule has 3 aliphatic rings. The van der Waals surface area contributed by atoms with Gasteiger partial charge >= 0.3 is 5.97 Å². The van der Waals surface area contributed by atoms with E-state index < -0.39 is 5.95 Å². The normalized spacial score (nSPS) is 23.6. The van der Waals surface area contributed by atoms with Gasteiger partial charge in [-0.3, -0.25) is 19.0 Å². The van der Waals surface area contributed by atoms with Crippen molar-refractivity contribution in [2.45, 2.75) is 76.2 Å². The lowest BCUT2D eigenvalue weighted by Gasteiger charge is -2.36. The van der Waals surface area contributed by atoms with Crippen LogP contribution in [0.15, 0.2) is 54.9 Å². The van der Waals surface area contributed by atoms with Crippen LogP contribution >= 0.6 is 0 Å². The number of aromatic nitrogens is 4. The number of carbonyl (C=O) groups excluding carboxylic acids is 2. The predicted octanol–water partition coefficient (Wildman–Crippen LogP) is 7.20. The molecule has 2 heterocycles. The largest absolute Gasteiger partial charge is 0.469 e. The number of hydrogen-bond donors (Lipinski definition) is 0. The van der Waals surface area contributed by atoms with Crippen LogP contribution in [0.1, 0.15) is 81.7 Å². The van der Waals surface area contributed by atoms with Gasteiger partial charge in [0, 0.05) is 37.0 Å². The third kappa shape index (κ3) is 6.14. The van der Waals surface area contributed by atoms with Crippen molar-refractivity contribution in [3.8, 4) is 11.1 Å². The van der Waals surface area contributed by atoms with Crippen LogP contribution < -0.4 is 4.90 Å². The summed E-state index contributed by atoms with van der Waals surface area (Å²) in [5.74, 6) is 0.0900. The Morgan fingerprint density at radius 3 is 2.42 bits per heavy atom. The molecule has 0 unspecified atom stereocenters. The SMILES string of the molecule is COC(=O)[C@H]1CC[C@H](C(=O)N(C[C@H]2CC[C@H](c3ccc4c(c3)c(F)nn4C)CC2)c2cccc(-c3cnn(C4CC4)c3)c2)CC1. The lowest BCUT2D eigenvalue weighted by molar-refractivity contribution is -0.147. The number of amides is 1. The predicted molar refractivity (Wildman–Crippen MR) is 171 cm³/mol. The van der Waals surface area contributed by atoms with E-state index in [-0.39, 0.29) is 23.7 Å². The van der Waals surface area contributed by atoms with E-state index in [1.54, 1.807) is 11.7 Å². The fourth-order valence-electron chi connectivity index (χ4n) is 7.60. The van der Waals surface area contributed by atoms with E-state index in [1.807, 2.05) is 29.3 Å². The topological polar surface area (TPSA) is 82.2 Å². The molecule has 0 atom stereocenters. The number of hydrogen-bond acceptors (Lipinski definition) is 5. The summed E-state index contributed by atoms with van der Waals surface area (Å²) in [4.78, 5) is 28.4. The summed E-state index contributed by atoms with van der Waals surface area (Å²) >= 11 is 0. The molecule has 4 aromatic rings. The molecule has 1 amide bonds. The molecule has 3 fully saturated rings. The smallest absolute Gasteiger partial charge is 0.308 e. The van der Waals surface area contributed by atoms with Crippen molar-refractivity contribution in [3.63, 3.8) is 0 Å². The summed E-state index contributed by atoms with van der Waals surface area (Å²) in [6, 6.07) is 14.9. The molecule has 0 saturated heterocycles. The fourth-order valence-corrected chi connectivity index (χ4v) is 7.60. The number of rotatable bonds is 8. The van der Waals surface area contributed by atoms with Crippen LogP contribution in [0.5, 0.6) is 0 Å². The molecule has 3 aliphatic carbocycles. The number of ether oxygens (including phenoxy) is 1. The number of benzene rings is 2. The molecule has 2 aromatic heterocycles. The van der Waals surface area contributed by atoms with Crippen molar-refractivity contribution in [2.75, 3.05) is 18.6 Å². The summed E-state index contributed by atoms with van der Waals surface area (Å²) in [7, 11) is 3.21. The zero-order chi connectivity index (χ0) is 31.1. The first kappa shape index (κ1) is 29.7. The van der Waals surface area contributed by atoms with Crippen molar-refractivity contribution in [1.82, 2.24) is 19.6 Å². The third-order valence-corrected chi connectivity index (χ3v) is 10.5. The Bertz CT molecular complexity index is 1690. The molecule has 7 rings (SSSR count). The van der Waals surface area contributed by atoms with Crippen LogP contribution in [0.2, 0.25) is 0 Å². The van der Waals surface area contributed by atoms with Crippen molar-refractivity contribution in [2.24, 2.45) is 24.8 Å². The molecule has 9 heteroatoms. The number of carbonyl (C=O) groups is 2. The van der Waals surface area contributed by atoms with Crippen molar-refractivity contribution >= 4 is 28.5 Å². The summed E-state index contributed by atoms with van der Waals surface area (Å²) in [5.41, 5.74) is 5.03. The summed E-state index contributed by atoms with van der Waals surface area (Å²) in [5, 5.41) is 9.11. The lowest BCUT2D eigenvalue weighted by atomic mass is 9.78. The standard InChI is InChI=1S/C36H42FN5O3/c1-40-33-17-14-28(19-32(33)34(37)39-40)24-8-6-23(7-9-24)21-41(35(43)25-10-12-26(13-11-25)36(44)45-2)31-5-3-4-27(18-31)29-20-38-42(22-29)30-15-16-30/h3-5,14,17-20,22-26,30H,6-13,15-16,21H2,1-2H3/t23-,24-,25-,26-. The second kappa shape index (κ2) is 12.4. The second-order valence-corrected chi connectivity index (χ2v) is 13.4. The zero-order valence-electron chi connectivity index (χ0n) is 26.2. The highest BCUT2D eigenvalue weighted by atomic mass is 19.1. The van der Waals surface area contributed by atoms with Crippen LogP contribution in [-0.4, -0.2) is 45.1 Å². The third-order valence-electron chi connectivity index (χ3n) is 10.5. The Morgan fingerprint density at radius 1 is 0.933 bits per heavy atom. The first-order chi connectivity index (χ1) is 21.9. The van der Waals surface area contributed by atoms with E-state index in [1.165, 1.54) is 25.5 Å². The van der Waals surface area contributed by atoms with E-state index >= 15 is 0 Å². The van der Waals surface area contributed by atoms with Crippen molar-refractivity contribution < 1.29 is 18.7 Å². The number of nitrogens with zero attached hydrogens (tertiary/aromatic N) is 5.